The molecule has 1 unspecified atom stereocenters. The number of carbonyl (C=O) groups excluding carboxylic acids is 1. The van der Waals surface area contributed by atoms with Gasteiger partial charge in [0.2, 0.25) is 5.91 Å². The summed E-state index contributed by atoms with van der Waals surface area (Å²) in [6.07, 6.45) is 2.23. The third-order valence-corrected chi connectivity index (χ3v) is 9.12. The summed E-state index contributed by atoms with van der Waals surface area (Å²) in [5, 5.41) is 3.14. The van der Waals surface area contributed by atoms with Crippen molar-refractivity contribution in [2.75, 3.05) is 10.8 Å². The van der Waals surface area contributed by atoms with Crippen LogP contribution in [-0.4, -0.2) is 26.5 Å². The Morgan fingerprint density at radius 2 is 1.62 bits per heavy atom. The van der Waals surface area contributed by atoms with E-state index >= 15 is 0 Å². The maximum Gasteiger partial charge on any atom is 0.264 e. The van der Waals surface area contributed by atoms with Gasteiger partial charge in [-0.25, -0.2) is 8.42 Å². The van der Waals surface area contributed by atoms with Crippen LogP contribution in [-0.2, 0) is 14.8 Å². The zero-order chi connectivity index (χ0) is 26.8. The Hall–Kier alpha value is -3.32. The number of amides is 1. The first-order valence-corrected chi connectivity index (χ1v) is 14.3. The average molecular weight is 521 g/mol. The lowest BCUT2D eigenvalue weighted by Gasteiger charge is -2.41. The molecule has 0 aromatic heterocycles. The third-order valence-electron chi connectivity index (χ3n) is 7.35. The van der Waals surface area contributed by atoms with Crippen LogP contribution in [0.15, 0.2) is 71.6 Å². The van der Waals surface area contributed by atoms with Gasteiger partial charge in [0.25, 0.3) is 10.0 Å². The Labute approximate surface area is 220 Å². The van der Waals surface area contributed by atoms with E-state index in [4.69, 9.17) is 4.74 Å². The Bertz CT molecular complexity index is 1380. The lowest BCUT2D eigenvalue weighted by molar-refractivity contribution is -0.121. The highest BCUT2D eigenvalue weighted by atomic mass is 32.2. The van der Waals surface area contributed by atoms with Gasteiger partial charge in [0.1, 0.15) is 17.9 Å². The first-order valence-electron chi connectivity index (χ1n) is 12.8. The minimum atomic E-state index is -3.99. The van der Waals surface area contributed by atoms with E-state index in [2.05, 4.69) is 19.2 Å². The van der Waals surface area contributed by atoms with Crippen LogP contribution in [0.3, 0.4) is 0 Å². The summed E-state index contributed by atoms with van der Waals surface area (Å²) in [5.74, 6) is 0.404. The van der Waals surface area contributed by atoms with E-state index in [1.54, 1.807) is 24.3 Å². The van der Waals surface area contributed by atoms with E-state index in [9.17, 15) is 13.2 Å². The number of rotatable bonds is 8. The SMILES string of the molecule is CCC1(CC)CC(NC(=O)CN(c2cc(C)ccc2C)S(=O)(=O)c2ccc(C)cc2)c2ccccc2O1. The minimum Gasteiger partial charge on any atom is -0.487 e. The number of ether oxygens (including phenoxy) is 1. The molecule has 3 aromatic carbocycles. The molecule has 0 fully saturated rings. The molecule has 3 aromatic rings. The van der Waals surface area contributed by atoms with Gasteiger partial charge >= 0.3 is 0 Å². The van der Waals surface area contributed by atoms with E-state index in [0.29, 0.717) is 12.1 Å². The summed E-state index contributed by atoms with van der Waals surface area (Å²) in [5.41, 5.74) is 3.68. The van der Waals surface area contributed by atoms with Gasteiger partial charge in [-0.1, -0.05) is 61.9 Å². The highest BCUT2D eigenvalue weighted by Crippen LogP contribution is 2.42. The van der Waals surface area contributed by atoms with Gasteiger partial charge in [-0.3, -0.25) is 9.10 Å². The molecule has 7 heteroatoms. The van der Waals surface area contributed by atoms with Gasteiger partial charge in [0, 0.05) is 12.0 Å². The number of carbonyl (C=O) groups is 1. The number of benzene rings is 3. The summed E-state index contributed by atoms with van der Waals surface area (Å²) in [7, 11) is -3.99. The number of hydrogen-bond acceptors (Lipinski definition) is 4. The minimum absolute atomic E-state index is 0.152. The normalized spacial score (nSPS) is 16.4. The fourth-order valence-electron chi connectivity index (χ4n) is 4.93. The van der Waals surface area contributed by atoms with Gasteiger partial charge in [0.05, 0.1) is 16.6 Å². The van der Waals surface area contributed by atoms with E-state index in [1.165, 1.54) is 4.31 Å². The van der Waals surface area contributed by atoms with Crippen molar-refractivity contribution in [3.8, 4) is 5.75 Å². The number of nitrogens with zero attached hydrogens (tertiary/aromatic N) is 1. The number of fused-ring (bicyclic) bond motifs is 1. The Morgan fingerprint density at radius 3 is 2.30 bits per heavy atom. The predicted molar refractivity (Wildman–Crippen MR) is 148 cm³/mol. The topological polar surface area (TPSA) is 75.7 Å². The molecule has 0 spiro atoms. The van der Waals surface area contributed by atoms with Crippen LogP contribution >= 0.6 is 0 Å². The molecule has 1 aliphatic rings. The van der Waals surface area contributed by atoms with Gasteiger partial charge in [0.15, 0.2) is 0 Å². The van der Waals surface area contributed by atoms with Crippen LogP contribution in [0.5, 0.6) is 5.75 Å². The van der Waals surface area contributed by atoms with Crippen LogP contribution in [0.2, 0.25) is 0 Å². The molecule has 196 valence electrons. The second kappa shape index (κ2) is 10.6. The molecule has 4 rings (SSSR count). The van der Waals surface area contributed by atoms with Crippen molar-refractivity contribution in [2.24, 2.45) is 0 Å². The van der Waals surface area contributed by atoms with Crippen LogP contribution in [0, 0.1) is 20.8 Å². The molecule has 1 heterocycles. The molecule has 6 nitrogen and oxygen atoms in total. The first-order chi connectivity index (χ1) is 17.6. The fraction of sp³-hybridized carbons (Fsp3) is 0.367. The Balaban J connectivity index is 1.69. The molecule has 1 atom stereocenters. The van der Waals surface area contributed by atoms with Crippen molar-refractivity contribution >= 4 is 21.6 Å². The van der Waals surface area contributed by atoms with Crippen LogP contribution in [0.25, 0.3) is 0 Å². The second-order valence-corrected chi connectivity index (χ2v) is 11.8. The van der Waals surface area contributed by atoms with Crippen molar-refractivity contribution < 1.29 is 17.9 Å². The maximum absolute atomic E-state index is 13.9. The number of anilines is 1. The molecule has 0 bridgehead atoms. The van der Waals surface area contributed by atoms with Gasteiger partial charge in [-0.05, 0) is 69.0 Å². The van der Waals surface area contributed by atoms with Crippen molar-refractivity contribution in [3.63, 3.8) is 0 Å². The van der Waals surface area contributed by atoms with Crippen molar-refractivity contribution in [1.29, 1.82) is 0 Å². The zero-order valence-corrected chi connectivity index (χ0v) is 23.1. The number of nitrogens with one attached hydrogen (secondary N) is 1. The lowest BCUT2D eigenvalue weighted by Crippen LogP contribution is -2.47. The summed E-state index contributed by atoms with van der Waals surface area (Å²) >= 11 is 0. The summed E-state index contributed by atoms with van der Waals surface area (Å²) in [6.45, 7) is 9.53. The molecule has 1 amide bonds. The smallest absolute Gasteiger partial charge is 0.264 e. The van der Waals surface area contributed by atoms with Crippen molar-refractivity contribution in [1.82, 2.24) is 5.32 Å². The first kappa shape index (κ1) is 26.7. The van der Waals surface area contributed by atoms with Gasteiger partial charge in [-0.2, -0.15) is 0 Å². The average Bonchev–Trinajstić information content (AvgIpc) is 2.89. The quantitative estimate of drug-likeness (QED) is 0.395. The molecule has 0 aliphatic carbocycles. The molecular weight excluding hydrogens is 484 g/mol. The monoisotopic (exact) mass is 520 g/mol. The number of hydrogen-bond donors (Lipinski definition) is 1. The van der Waals surface area contributed by atoms with Crippen molar-refractivity contribution in [2.45, 2.75) is 70.4 Å². The lowest BCUT2D eigenvalue weighted by atomic mass is 9.83. The number of aryl methyl sites for hydroxylation is 3. The summed E-state index contributed by atoms with van der Waals surface area (Å²) < 4.78 is 35.3. The van der Waals surface area contributed by atoms with Gasteiger partial charge < -0.3 is 10.1 Å². The highest BCUT2D eigenvalue weighted by molar-refractivity contribution is 7.92. The third kappa shape index (κ3) is 5.52. The molecule has 37 heavy (non-hydrogen) atoms. The van der Waals surface area contributed by atoms with E-state index < -0.39 is 10.0 Å². The fourth-order valence-corrected chi connectivity index (χ4v) is 6.40. The van der Waals surface area contributed by atoms with E-state index in [-0.39, 0.29) is 29.0 Å². The van der Waals surface area contributed by atoms with E-state index in [1.807, 2.05) is 63.2 Å². The molecule has 0 radical (unpaired) electrons. The summed E-state index contributed by atoms with van der Waals surface area (Å²) in [4.78, 5) is 13.7. The van der Waals surface area contributed by atoms with Gasteiger partial charge in [-0.15, -0.1) is 0 Å². The van der Waals surface area contributed by atoms with Crippen molar-refractivity contribution in [3.05, 3.63) is 89.0 Å². The zero-order valence-electron chi connectivity index (χ0n) is 22.2. The molecule has 0 saturated carbocycles. The number of para-hydroxylation sites is 1. The molecule has 1 aliphatic heterocycles. The Morgan fingerprint density at radius 1 is 0.973 bits per heavy atom. The summed E-state index contributed by atoms with van der Waals surface area (Å²) in [6, 6.07) is 19.8. The highest BCUT2D eigenvalue weighted by Gasteiger charge is 2.39. The molecule has 1 N–H and O–H groups in total. The maximum atomic E-state index is 13.9. The Kier molecular flexibility index (Phi) is 7.64. The molecular formula is C30H36N2O4S. The van der Waals surface area contributed by atoms with E-state index in [0.717, 1.165) is 40.8 Å². The number of sulfonamides is 1. The van der Waals surface area contributed by atoms with Crippen LogP contribution < -0.4 is 14.4 Å². The van der Waals surface area contributed by atoms with Crippen LogP contribution in [0.1, 0.15) is 61.4 Å². The molecule has 0 saturated heterocycles. The van der Waals surface area contributed by atoms with Crippen LogP contribution in [0.4, 0.5) is 5.69 Å². The largest absolute Gasteiger partial charge is 0.487 e. The standard InChI is InChI=1S/C30H36N2O4S/c1-6-30(7-2)19-26(25-10-8-9-11-28(25)36-30)31-29(33)20-32(27-18-22(4)12-15-23(27)5)37(34,35)24-16-13-21(3)14-17-24/h8-18,26H,6-7,19-20H2,1-5H3,(H,31,33). The predicted octanol–water partition coefficient (Wildman–Crippen LogP) is 6.01. The second-order valence-electron chi connectivity index (χ2n) is 9.97.